The van der Waals surface area contributed by atoms with Gasteiger partial charge in [-0.1, -0.05) is 17.7 Å². The average Bonchev–Trinajstić information content (AvgIpc) is 3.00. The van der Waals surface area contributed by atoms with E-state index in [1.807, 2.05) is 19.1 Å². The Morgan fingerprint density at radius 2 is 1.88 bits per heavy atom. The molecule has 166 valence electrons. The molecule has 2 N–H and O–H groups in total. The fraction of sp³-hybridized carbons (Fsp3) is 0.318. The number of aromatic nitrogens is 4. The van der Waals surface area contributed by atoms with E-state index in [1.165, 1.54) is 4.52 Å². The van der Waals surface area contributed by atoms with Gasteiger partial charge in [-0.05, 0) is 56.6 Å². The maximum absolute atomic E-state index is 13.4. The Labute approximate surface area is 185 Å². The van der Waals surface area contributed by atoms with Crippen LogP contribution in [0.1, 0.15) is 17.5 Å². The van der Waals surface area contributed by atoms with Crippen LogP contribution in [0.25, 0.3) is 16.6 Å². The van der Waals surface area contributed by atoms with Gasteiger partial charge in [0.1, 0.15) is 0 Å². The van der Waals surface area contributed by atoms with Gasteiger partial charge >= 0.3 is 0 Å². The zero-order valence-corrected chi connectivity index (χ0v) is 18.7. The summed E-state index contributed by atoms with van der Waals surface area (Å²) in [6.07, 6.45) is 1.02. The third-order valence-corrected chi connectivity index (χ3v) is 7.71. The second-order valence-corrected chi connectivity index (χ2v) is 9.99. The normalized spacial score (nSPS) is 15.4. The highest BCUT2D eigenvalue weighted by molar-refractivity contribution is 7.91. The molecule has 0 atom stereocenters. The van der Waals surface area contributed by atoms with Crippen molar-refractivity contribution in [3.8, 4) is 0 Å². The Hall–Kier alpha value is -3.24. The number of aromatic amines is 1. The van der Waals surface area contributed by atoms with Crippen molar-refractivity contribution < 1.29 is 8.42 Å². The highest BCUT2D eigenvalue weighted by atomic mass is 32.2. The van der Waals surface area contributed by atoms with E-state index in [4.69, 9.17) is 0 Å². The molecule has 1 aliphatic heterocycles. The molecule has 0 unspecified atom stereocenters. The van der Waals surface area contributed by atoms with Gasteiger partial charge in [0.2, 0.25) is 14.9 Å². The number of aryl methyl sites for hydroxylation is 2. The van der Waals surface area contributed by atoms with Gasteiger partial charge in [0.25, 0.3) is 5.56 Å². The molecule has 2 aromatic carbocycles. The summed E-state index contributed by atoms with van der Waals surface area (Å²) in [6.45, 7) is 7.25. The van der Waals surface area contributed by atoms with Crippen LogP contribution >= 0.6 is 0 Å². The standard InChI is InChI=1S/C22H24N6O3S/c1-14-4-7-19(15(2)12-14)32(30,31)22-20-24-21(29)17-6-5-16(13-18(17)28(20)26-25-22)27-10-3-8-23-9-11-27/h4-7,12-13,23,26H,3,8-11H2,1-2H3. The first-order valence-electron chi connectivity index (χ1n) is 10.6. The van der Waals surface area contributed by atoms with Gasteiger partial charge in [-0.15, -0.1) is 5.10 Å². The molecule has 2 aromatic heterocycles. The van der Waals surface area contributed by atoms with E-state index >= 15 is 0 Å². The molecular formula is C22H24N6O3S. The molecule has 0 radical (unpaired) electrons. The predicted molar refractivity (Wildman–Crippen MR) is 122 cm³/mol. The van der Waals surface area contributed by atoms with Gasteiger partial charge in [-0.3, -0.25) is 4.79 Å². The summed E-state index contributed by atoms with van der Waals surface area (Å²) in [5, 5.41) is 10.4. The molecule has 4 aromatic rings. The number of hydrogen-bond donors (Lipinski definition) is 2. The topological polar surface area (TPSA) is 112 Å². The molecule has 0 saturated carbocycles. The maximum Gasteiger partial charge on any atom is 0.281 e. The lowest BCUT2D eigenvalue weighted by molar-refractivity contribution is 0.592. The molecule has 3 heterocycles. The van der Waals surface area contributed by atoms with Gasteiger partial charge in [0.15, 0.2) is 5.65 Å². The monoisotopic (exact) mass is 452 g/mol. The minimum atomic E-state index is -3.97. The van der Waals surface area contributed by atoms with Crippen molar-refractivity contribution in [2.24, 2.45) is 0 Å². The van der Waals surface area contributed by atoms with Gasteiger partial charge in [-0.25, -0.2) is 18.1 Å². The number of anilines is 1. The van der Waals surface area contributed by atoms with Gasteiger partial charge in [-0.2, -0.15) is 4.98 Å². The van der Waals surface area contributed by atoms with Crippen LogP contribution < -0.4 is 15.8 Å². The van der Waals surface area contributed by atoms with E-state index in [0.717, 1.165) is 43.9 Å². The van der Waals surface area contributed by atoms with Crippen LogP contribution in [0.3, 0.4) is 0 Å². The largest absolute Gasteiger partial charge is 0.370 e. The first-order chi connectivity index (χ1) is 15.4. The van der Waals surface area contributed by atoms with Crippen LogP contribution in [0.15, 0.2) is 51.1 Å². The SMILES string of the molecule is Cc1ccc(S(=O)(=O)c2n[nH]n3c2nc(=O)c2ccc(N4CCCNCC4)cc23)c(C)c1. The molecule has 1 fully saturated rings. The molecular weight excluding hydrogens is 428 g/mol. The average molecular weight is 453 g/mol. The lowest BCUT2D eigenvalue weighted by atomic mass is 10.2. The molecule has 9 nitrogen and oxygen atoms in total. The number of hydrogen-bond acceptors (Lipinski definition) is 7. The minimum absolute atomic E-state index is 0.00263. The van der Waals surface area contributed by atoms with Crippen molar-refractivity contribution in [2.75, 3.05) is 31.1 Å². The summed E-state index contributed by atoms with van der Waals surface area (Å²) < 4.78 is 28.3. The summed E-state index contributed by atoms with van der Waals surface area (Å²) in [5.74, 6) is 0. The highest BCUT2D eigenvalue weighted by Crippen LogP contribution is 2.27. The molecule has 0 bridgehead atoms. The number of rotatable bonds is 3. The summed E-state index contributed by atoms with van der Waals surface area (Å²) in [6, 6.07) is 10.7. The fourth-order valence-corrected chi connectivity index (χ4v) is 5.76. The number of nitrogens with one attached hydrogen (secondary N) is 2. The highest BCUT2D eigenvalue weighted by Gasteiger charge is 2.28. The first-order valence-corrected chi connectivity index (χ1v) is 12.0. The summed E-state index contributed by atoms with van der Waals surface area (Å²) in [7, 11) is -3.97. The Morgan fingerprint density at radius 3 is 2.69 bits per heavy atom. The molecule has 1 saturated heterocycles. The van der Waals surface area contributed by atoms with Crippen LogP contribution in [-0.2, 0) is 9.84 Å². The first kappa shape index (κ1) is 20.7. The quantitative estimate of drug-likeness (QED) is 0.488. The van der Waals surface area contributed by atoms with Crippen molar-refractivity contribution in [3.63, 3.8) is 0 Å². The van der Waals surface area contributed by atoms with Crippen molar-refractivity contribution >= 4 is 32.1 Å². The zero-order valence-electron chi connectivity index (χ0n) is 17.9. The molecule has 0 spiro atoms. The van der Waals surface area contributed by atoms with E-state index in [2.05, 4.69) is 25.5 Å². The lowest BCUT2D eigenvalue weighted by Gasteiger charge is -2.22. The lowest BCUT2D eigenvalue weighted by Crippen LogP contribution is -2.27. The van der Waals surface area contributed by atoms with E-state index in [-0.39, 0.29) is 15.6 Å². The second kappa shape index (κ2) is 7.72. The molecule has 0 aliphatic carbocycles. The van der Waals surface area contributed by atoms with Crippen LogP contribution in [0.2, 0.25) is 0 Å². The van der Waals surface area contributed by atoms with Crippen LogP contribution in [0, 0.1) is 13.8 Å². The second-order valence-electron chi connectivity index (χ2n) is 8.16. The number of H-pyrrole nitrogens is 1. The van der Waals surface area contributed by atoms with Crippen LogP contribution in [-0.4, -0.2) is 54.4 Å². The Bertz CT molecular complexity index is 1500. The van der Waals surface area contributed by atoms with Crippen molar-refractivity contribution in [2.45, 2.75) is 30.2 Å². The minimum Gasteiger partial charge on any atom is -0.370 e. The van der Waals surface area contributed by atoms with E-state index in [0.29, 0.717) is 16.5 Å². The van der Waals surface area contributed by atoms with Crippen molar-refractivity contribution in [1.82, 2.24) is 25.1 Å². The zero-order chi connectivity index (χ0) is 22.5. The summed E-state index contributed by atoms with van der Waals surface area (Å²) in [4.78, 5) is 19.2. The van der Waals surface area contributed by atoms with Crippen LogP contribution in [0.4, 0.5) is 5.69 Å². The summed E-state index contributed by atoms with van der Waals surface area (Å²) >= 11 is 0. The van der Waals surface area contributed by atoms with Crippen LogP contribution in [0.5, 0.6) is 0 Å². The number of nitrogens with zero attached hydrogens (tertiary/aromatic N) is 4. The predicted octanol–water partition coefficient (Wildman–Crippen LogP) is 1.82. The van der Waals surface area contributed by atoms with Crippen molar-refractivity contribution in [1.29, 1.82) is 0 Å². The fourth-order valence-electron chi connectivity index (χ4n) is 4.28. The van der Waals surface area contributed by atoms with E-state index in [1.54, 1.807) is 31.2 Å². The Balaban J connectivity index is 1.70. The number of sulfone groups is 1. The molecule has 10 heteroatoms. The summed E-state index contributed by atoms with van der Waals surface area (Å²) in [5.41, 5.74) is 2.61. The third-order valence-electron chi connectivity index (χ3n) is 5.89. The Morgan fingerprint density at radius 1 is 1.03 bits per heavy atom. The van der Waals surface area contributed by atoms with Gasteiger partial charge < -0.3 is 10.2 Å². The molecule has 1 aliphatic rings. The number of benzene rings is 2. The Kier molecular flexibility index (Phi) is 4.98. The third kappa shape index (κ3) is 3.35. The van der Waals surface area contributed by atoms with Crippen molar-refractivity contribution in [3.05, 3.63) is 57.9 Å². The maximum atomic E-state index is 13.4. The number of fused-ring (bicyclic) bond motifs is 3. The smallest absolute Gasteiger partial charge is 0.281 e. The van der Waals surface area contributed by atoms with Gasteiger partial charge in [0, 0.05) is 25.3 Å². The molecule has 32 heavy (non-hydrogen) atoms. The molecule has 5 rings (SSSR count). The van der Waals surface area contributed by atoms with Gasteiger partial charge in [0.05, 0.1) is 15.8 Å². The molecule has 0 amide bonds. The van der Waals surface area contributed by atoms with E-state index < -0.39 is 15.4 Å². The van der Waals surface area contributed by atoms with E-state index in [9.17, 15) is 13.2 Å².